The third-order valence-corrected chi connectivity index (χ3v) is 4.28. The molecule has 0 spiro atoms. The Morgan fingerprint density at radius 1 is 1.67 bits per heavy atom. The molecule has 1 aliphatic carbocycles. The third-order valence-electron chi connectivity index (χ3n) is 2.20. The monoisotopic (exact) mass is 232 g/mol. The highest BCUT2D eigenvalue weighted by atomic mass is 32.2. The number of aliphatic carboxylic acids is 1. The van der Waals surface area contributed by atoms with Crippen molar-refractivity contribution in [1.29, 1.82) is 5.26 Å². The van der Waals surface area contributed by atoms with Gasteiger partial charge in [0.25, 0.3) is 0 Å². The van der Waals surface area contributed by atoms with Gasteiger partial charge in [-0.25, -0.2) is 8.42 Å². The zero-order valence-corrected chi connectivity index (χ0v) is 9.07. The van der Waals surface area contributed by atoms with Crippen molar-refractivity contribution in [2.45, 2.75) is 31.1 Å². The van der Waals surface area contributed by atoms with Crippen LogP contribution in [0.5, 0.6) is 0 Å². The molecule has 0 heterocycles. The quantitative estimate of drug-likeness (QED) is 0.706. The van der Waals surface area contributed by atoms with E-state index in [9.17, 15) is 13.2 Å². The molecule has 1 N–H and O–H groups in total. The Labute approximate surface area is 88.2 Å². The fraction of sp³-hybridized carbons (Fsp3) is 0.750. The molecule has 0 aromatic heterocycles. The maximum Gasteiger partial charge on any atom is 0.318 e. The van der Waals surface area contributed by atoms with Crippen LogP contribution >= 0.6 is 0 Å². The van der Waals surface area contributed by atoms with Gasteiger partial charge in [-0.2, -0.15) is 9.57 Å². The second-order valence-electron chi connectivity index (χ2n) is 3.49. The first-order valence-corrected chi connectivity index (χ1v) is 6.02. The standard InChI is InChI=1S/C8H12N2O4S/c1-6(4-9)15(13,14)10(5-8(11)12)7-2-3-7/h6-7H,2-3,5H2,1H3,(H,11,12). The zero-order valence-electron chi connectivity index (χ0n) is 8.25. The molecule has 0 aliphatic heterocycles. The van der Waals surface area contributed by atoms with Crippen molar-refractivity contribution in [3.8, 4) is 6.07 Å². The average Bonchev–Trinajstić information content (AvgIpc) is 2.95. The number of carbonyl (C=O) groups is 1. The summed E-state index contributed by atoms with van der Waals surface area (Å²) in [7, 11) is -3.79. The van der Waals surface area contributed by atoms with Crippen molar-refractivity contribution in [2.75, 3.05) is 6.54 Å². The van der Waals surface area contributed by atoms with Gasteiger partial charge in [0.1, 0.15) is 6.54 Å². The van der Waals surface area contributed by atoms with Gasteiger partial charge in [-0.15, -0.1) is 0 Å². The second kappa shape index (κ2) is 4.16. The molecule has 0 bridgehead atoms. The topological polar surface area (TPSA) is 98.5 Å². The molecule has 0 radical (unpaired) electrons. The minimum atomic E-state index is -3.79. The molecular weight excluding hydrogens is 220 g/mol. The van der Waals surface area contributed by atoms with Gasteiger partial charge in [0.15, 0.2) is 5.25 Å². The minimum absolute atomic E-state index is 0.234. The van der Waals surface area contributed by atoms with Crippen molar-refractivity contribution in [3.63, 3.8) is 0 Å². The van der Waals surface area contributed by atoms with Gasteiger partial charge in [0.2, 0.25) is 10.0 Å². The second-order valence-corrected chi connectivity index (χ2v) is 5.69. The smallest absolute Gasteiger partial charge is 0.318 e. The molecule has 0 aromatic rings. The number of hydrogen-bond donors (Lipinski definition) is 1. The van der Waals surface area contributed by atoms with E-state index in [2.05, 4.69) is 0 Å². The predicted molar refractivity (Wildman–Crippen MR) is 51.4 cm³/mol. The van der Waals surface area contributed by atoms with E-state index in [0.717, 1.165) is 4.31 Å². The Balaban J connectivity index is 2.89. The Kier molecular flexibility index (Phi) is 3.31. The first-order chi connectivity index (χ1) is 6.89. The van der Waals surface area contributed by atoms with Crippen molar-refractivity contribution < 1.29 is 18.3 Å². The number of carboxylic acids is 1. The van der Waals surface area contributed by atoms with Crippen LogP contribution in [0.2, 0.25) is 0 Å². The Bertz CT molecular complexity index is 393. The lowest BCUT2D eigenvalue weighted by atomic mass is 10.5. The summed E-state index contributed by atoms with van der Waals surface area (Å²) in [5.41, 5.74) is 0. The van der Waals surface area contributed by atoms with Crippen LogP contribution in [0.15, 0.2) is 0 Å². The fourth-order valence-electron chi connectivity index (χ4n) is 1.19. The van der Waals surface area contributed by atoms with E-state index in [-0.39, 0.29) is 6.04 Å². The molecule has 0 aromatic carbocycles. The van der Waals surface area contributed by atoms with Gasteiger partial charge in [0.05, 0.1) is 6.07 Å². The van der Waals surface area contributed by atoms with Gasteiger partial charge in [-0.05, 0) is 19.8 Å². The Hall–Kier alpha value is -1.13. The van der Waals surface area contributed by atoms with Crippen LogP contribution in [0.1, 0.15) is 19.8 Å². The lowest BCUT2D eigenvalue weighted by Crippen LogP contribution is -2.41. The number of rotatable bonds is 5. The summed E-state index contributed by atoms with van der Waals surface area (Å²) in [4.78, 5) is 10.5. The molecule has 0 saturated heterocycles. The van der Waals surface area contributed by atoms with E-state index >= 15 is 0 Å². The number of nitriles is 1. The molecule has 7 heteroatoms. The molecule has 1 saturated carbocycles. The largest absolute Gasteiger partial charge is 0.480 e. The van der Waals surface area contributed by atoms with Crippen LogP contribution in [0.4, 0.5) is 0 Å². The van der Waals surface area contributed by atoms with Crippen LogP contribution in [0, 0.1) is 11.3 Å². The molecule has 1 rings (SSSR count). The minimum Gasteiger partial charge on any atom is -0.480 e. The predicted octanol–water partition coefficient (Wildman–Crippen LogP) is -0.223. The van der Waals surface area contributed by atoms with Gasteiger partial charge >= 0.3 is 5.97 Å². The van der Waals surface area contributed by atoms with Crippen molar-refractivity contribution in [2.24, 2.45) is 0 Å². The summed E-state index contributed by atoms with van der Waals surface area (Å²) >= 11 is 0. The van der Waals surface area contributed by atoms with Crippen LogP contribution in [-0.2, 0) is 14.8 Å². The van der Waals surface area contributed by atoms with Gasteiger partial charge in [-0.3, -0.25) is 4.79 Å². The van der Waals surface area contributed by atoms with Crippen LogP contribution in [0.3, 0.4) is 0 Å². The molecule has 1 atom stereocenters. The fourth-order valence-corrected chi connectivity index (χ4v) is 2.65. The van der Waals surface area contributed by atoms with E-state index in [4.69, 9.17) is 10.4 Å². The summed E-state index contributed by atoms with van der Waals surface area (Å²) < 4.78 is 24.4. The molecule has 1 fully saturated rings. The normalized spacial score (nSPS) is 18.5. The van der Waals surface area contributed by atoms with Gasteiger partial charge in [0, 0.05) is 6.04 Å². The van der Waals surface area contributed by atoms with E-state index in [1.54, 1.807) is 6.07 Å². The summed E-state index contributed by atoms with van der Waals surface area (Å²) in [5.74, 6) is -1.20. The molecule has 0 amide bonds. The molecule has 15 heavy (non-hydrogen) atoms. The van der Waals surface area contributed by atoms with Crippen molar-refractivity contribution in [1.82, 2.24) is 4.31 Å². The highest BCUT2D eigenvalue weighted by Crippen LogP contribution is 2.30. The number of carboxylic acid groups (broad SMARTS) is 1. The third kappa shape index (κ3) is 2.67. The van der Waals surface area contributed by atoms with E-state index in [1.165, 1.54) is 6.92 Å². The summed E-state index contributed by atoms with van der Waals surface area (Å²) in [6, 6.07) is 1.38. The van der Waals surface area contributed by atoms with Crippen molar-refractivity contribution >= 4 is 16.0 Å². The maximum atomic E-state index is 11.7. The zero-order chi connectivity index (χ0) is 11.6. The lowest BCUT2D eigenvalue weighted by molar-refractivity contribution is -0.137. The first kappa shape index (κ1) is 11.9. The SMILES string of the molecule is CC(C#N)S(=O)(=O)N(CC(=O)O)C1CC1. The van der Waals surface area contributed by atoms with E-state index in [1.807, 2.05) is 0 Å². The van der Waals surface area contributed by atoms with Crippen LogP contribution in [-0.4, -0.2) is 41.6 Å². The average molecular weight is 232 g/mol. The number of nitrogens with zero attached hydrogens (tertiary/aromatic N) is 2. The molecular formula is C8H12N2O4S. The lowest BCUT2D eigenvalue weighted by Gasteiger charge is -2.20. The van der Waals surface area contributed by atoms with Crippen LogP contribution < -0.4 is 0 Å². The van der Waals surface area contributed by atoms with Gasteiger partial charge < -0.3 is 5.11 Å². The number of hydrogen-bond acceptors (Lipinski definition) is 4. The maximum absolute atomic E-state index is 11.7. The summed E-state index contributed by atoms with van der Waals surface area (Å²) in [6.45, 7) is 0.700. The molecule has 84 valence electrons. The van der Waals surface area contributed by atoms with Crippen LogP contribution in [0.25, 0.3) is 0 Å². The highest BCUT2D eigenvalue weighted by molar-refractivity contribution is 7.90. The summed E-state index contributed by atoms with van der Waals surface area (Å²) in [6.07, 6.45) is 1.34. The van der Waals surface area contributed by atoms with Gasteiger partial charge in [-0.1, -0.05) is 0 Å². The first-order valence-electron chi connectivity index (χ1n) is 4.51. The van der Waals surface area contributed by atoms with Crippen molar-refractivity contribution in [3.05, 3.63) is 0 Å². The molecule has 1 unspecified atom stereocenters. The highest BCUT2D eigenvalue weighted by Gasteiger charge is 2.40. The van der Waals surface area contributed by atoms with E-state index in [0.29, 0.717) is 12.8 Å². The van der Waals surface area contributed by atoms with E-state index < -0.39 is 27.8 Å². The molecule has 6 nitrogen and oxygen atoms in total. The summed E-state index contributed by atoms with van der Waals surface area (Å²) in [5, 5.41) is 15.9. The Morgan fingerprint density at radius 2 is 2.20 bits per heavy atom. The number of sulfonamides is 1. The molecule has 1 aliphatic rings. The Morgan fingerprint density at radius 3 is 2.53 bits per heavy atom.